The Bertz CT molecular complexity index is 1360. The molecule has 0 atom stereocenters. The van der Waals surface area contributed by atoms with Crippen LogP contribution in [0.15, 0.2) is 42.7 Å². The Morgan fingerprint density at radius 3 is 2.66 bits per heavy atom. The summed E-state index contributed by atoms with van der Waals surface area (Å²) in [4.78, 5) is 23.0. The van der Waals surface area contributed by atoms with Crippen LogP contribution in [0.2, 0.25) is 0 Å². The molecule has 0 aliphatic rings. The first-order valence-electron chi connectivity index (χ1n) is 9.36. The molecule has 0 bridgehead atoms. The predicted octanol–water partition coefficient (Wildman–Crippen LogP) is 4.54. The molecular formula is C22H16F2N6O2. The Kier molecular flexibility index (Phi) is 5.39. The number of aryl methyl sites for hydroxylation is 1. The van der Waals surface area contributed by atoms with E-state index >= 15 is 0 Å². The number of halogens is 2. The average molecular weight is 434 g/mol. The smallest absolute Gasteiger partial charge is 0.242 e. The summed E-state index contributed by atoms with van der Waals surface area (Å²) in [6, 6.07) is 11.1. The first-order chi connectivity index (χ1) is 15.4. The van der Waals surface area contributed by atoms with Gasteiger partial charge in [-0.15, -0.1) is 0 Å². The number of ether oxygens (including phenoxy) is 1. The minimum Gasteiger partial charge on any atom is -0.434 e. The minimum absolute atomic E-state index is 0.0292. The number of aromatic nitrogens is 3. The number of aromatic amines is 1. The van der Waals surface area contributed by atoms with Gasteiger partial charge in [0, 0.05) is 35.6 Å². The minimum atomic E-state index is -0.780. The second-order valence-corrected chi connectivity index (χ2v) is 6.92. The fraction of sp³-hybridized carbons (Fsp3) is 0.0909. The highest BCUT2D eigenvalue weighted by Gasteiger charge is 2.20. The standard InChI is InChI=1S/C22H16F2N6O2/c1-12-7-15-19(24)18(8-17(23)20(15)28-12)32-22-16(9-25)21(26-10-27-22)29-13-3-5-14(6-4-13)30(2)11-31/h3-8,10-11,28H,1-2H3,(H,26,27,29). The highest BCUT2D eigenvalue weighted by atomic mass is 19.1. The maximum Gasteiger partial charge on any atom is 0.242 e. The summed E-state index contributed by atoms with van der Waals surface area (Å²) in [6.07, 6.45) is 1.82. The number of hydrogen-bond acceptors (Lipinski definition) is 6. The molecule has 8 nitrogen and oxygen atoms in total. The Hall–Kier alpha value is -4.52. The predicted molar refractivity (Wildman–Crippen MR) is 114 cm³/mol. The number of anilines is 3. The highest BCUT2D eigenvalue weighted by Crippen LogP contribution is 2.34. The van der Waals surface area contributed by atoms with Crippen molar-refractivity contribution in [2.75, 3.05) is 17.3 Å². The lowest BCUT2D eigenvalue weighted by Gasteiger charge is -2.13. The van der Waals surface area contributed by atoms with E-state index < -0.39 is 17.4 Å². The molecule has 1 amide bonds. The topological polar surface area (TPSA) is 107 Å². The number of H-pyrrole nitrogens is 1. The van der Waals surface area contributed by atoms with E-state index in [4.69, 9.17) is 4.74 Å². The van der Waals surface area contributed by atoms with Gasteiger partial charge in [-0.05, 0) is 37.3 Å². The Balaban J connectivity index is 1.66. The molecule has 10 heteroatoms. The van der Waals surface area contributed by atoms with E-state index in [9.17, 15) is 18.8 Å². The molecule has 0 aliphatic carbocycles. The molecule has 2 aromatic carbocycles. The number of fused-ring (bicyclic) bond motifs is 1. The van der Waals surface area contributed by atoms with Crippen LogP contribution < -0.4 is 15.0 Å². The molecule has 2 aromatic heterocycles. The monoisotopic (exact) mass is 434 g/mol. The Labute approximate surface area is 181 Å². The second-order valence-electron chi connectivity index (χ2n) is 6.92. The SMILES string of the molecule is Cc1cc2c(F)c(Oc3ncnc(Nc4ccc(N(C)C=O)cc4)c3C#N)cc(F)c2[nH]1. The number of carbonyl (C=O) groups is 1. The summed E-state index contributed by atoms with van der Waals surface area (Å²) in [7, 11) is 1.62. The zero-order valence-electron chi connectivity index (χ0n) is 17.0. The van der Waals surface area contributed by atoms with E-state index in [1.807, 2.05) is 6.07 Å². The van der Waals surface area contributed by atoms with Crippen LogP contribution in [-0.4, -0.2) is 28.4 Å². The van der Waals surface area contributed by atoms with Crippen molar-refractivity contribution in [2.24, 2.45) is 0 Å². The van der Waals surface area contributed by atoms with Crippen LogP contribution in [0.5, 0.6) is 11.6 Å². The maximum absolute atomic E-state index is 14.9. The molecule has 4 aromatic rings. The summed E-state index contributed by atoms with van der Waals surface area (Å²) < 4.78 is 34.8. The summed E-state index contributed by atoms with van der Waals surface area (Å²) in [5.41, 5.74) is 1.78. The van der Waals surface area contributed by atoms with Crippen LogP contribution in [0.25, 0.3) is 10.9 Å². The van der Waals surface area contributed by atoms with E-state index in [-0.39, 0.29) is 28.2 Å². The van der Waals surface area contributed by atoms with Crippen molar-refractivity contribution in [2.45, 2.75) is 6.92 Å². The van der Waals surface area contributed by atoms with Crippen molar-refractivity contribution in [3.05, 3.63) is 65.6 Å². The summed E-state index contributed by atoms with van der Waals surface area (Å²) >= 11 is 0. The molecule has 0 fully saturated rings. The molecule has 0 spiro atoms. The summed E-state index contributed by atoms with van der Waals surface area (Å²) in [6.45, 7) is 1.68. The number of nitriles is 1. The molecule has 2 heterocycles. The van der Waals surface area contributed by atoms with E-state index in [2.05, 4.69) is 20.3 Å². The van der Waals surface area contributed by atoms with Gasteiger partial charge in [0.1, 0.15) is 12.4 Å². The summed E-state index contributed by atoms with van der Waals surface area (Å²) in [5.74, 6) is -1.99. The van der Waals surface area contributed by atoms with Crippen LogP contribution >= 0.6 is 0 Å². The van der Waals surface area contributed by atoms with E-state index in [0.717, 1.165) is 12.4 Å². The van der Waals surface area contributed by atoms with Gasteiger partial charge in [0.15, 0.2) is 28.8 Å². The van der Waals surface area contributed by atoms with E-state index in [0.29, 0.717) is 23.5 Å². The Morgan fingerprint density at radius 1 is 1.22 bits per heavy atom. The molecule has 0 saturated heterocycles. The second kappa shape index (κ2) is 8.31. The van der Waals surface area contributed by atoms with Crippen LogP contribution in [0.3, 0.4) is 0 Å². The van der Waals surface area contributed by atoms with Gasteiger partial charge in [-0.25, -0.2) is 18.7 Å². The third-order valence-corrected chi connectivity index (χ3v) is 4.73. The molecule has 0 saturated carbocycles. The lowest BCUT2D eigenvalue weighted by atomic mass is 10.2. The van der Waals surface area contributed by atoms with Gasteiger partial charge in [0.05, 0.1) is 5.52 Å². The quantitative estimate of drug-likeness (QED) is 0.432. The molecule has 4 rings (SSSR count). The van der Waals surface area contributed by atoms with Gasteiger partial charge in [-0.2, -0.15) is 5.26 Å². The first-order valence-corrected chi connectivity index (χ1v) is 9.36. The van der Waals surface area contributed by atoms with Crippen molar-refractivity contribution in [1.82, 2.24) is 15.0 Å². The van der Waals surface area contributed by atoms with Crippen LogP contribution in [0.1, 0.15) is 11.3 Å². The molecule has 2 N–H and O–H groups in total. The number of rotatable bonds is 6. The largest absolute Gasteiger partial charge is 0.434 e. The lowest BCUT2D eigenvalue weighted by Crippen LogP contribution is -2.13. The van der Waals surface area contributed by atoms with Crippen molar-refractivity contribution in [3.63, 3.8) is 0 Å². The van der Waals surface area contributed by atoms with Crippen LogP contribution in [-0.2, 0) is 4.79 Å². The number of carbonyl (C=O) groups excluding carboxylic acids is 1. The molecule has 32 heavy (non-hydrogen) atoms. The number of nitrogens with zero attached hydrogens (tertiary/aromatic N) is 4. The van der Waals surface area contributed by atoms with Crippen molar-refractivity contribution >= 4 is 34.5 Å². The van der Waals surface area contributed by atoms with E-state index in [1.54, 1.807) is 38.2 Å². The van der Waals surface area contributed by atoms with Crippen LogP contribution in [0.4, 0.5) is 26.0 Å². The third kappa shape index (κ3) is 3.79. The lowest BCUT2D eigenvalue weighted by molar-refractivity contribution is -0.107. The van der Waals surface area contributed by atoms with Gasteiger partial charge < -0.3 is 19.9 Å². The van der Waals surface area contributed by atoms with Crippen molar-refractivity contribution < 1.29 is 18.3 Å². The van der Waals surface area contributed by atoms with Crippen molar-refractivity contribution in [1.29, 1.82) is 5.26 Å². The maximum atomic E-state index is 14.9. The van der Waals surface area contributed by atoms with Gasteiger partial charge in [-0.1, -0.05) is 0 Å². The average Bonchev–Trinajstić information content (AvgIpc) is 3.20. The number of amides is 1. The molecule has 0 aliphatic heterocycles. The number of benzene rings is 2. The van der Waals surface area contributed by atoms with Gasteiger partial charge in [0.2, 0.25) is 12.3 Å². The molecular weight excluding hydrogens is 418 g/mol. The summed E-state index contributed by atoms with van der Waals surface area (Å²) in [5, 5.41) is 12.6. The van der Waals surface area contributed by atoms with Crippen molar-refractivity contribution in [3.8, 4) is 17.7 Å². The number of nitrogens with one attached hydrogen (secondary N) is 2. The fourth-order valence-corrected chi connectivity index (χ4v) is 3.13. The fourth-order valence-electron chi connectivity index (χ4n) is 3.13. The van der Waals surface area contributed by atoms with Gasteiger partial charge in [0.25, 0.3) is 0 Å². The Morgan fingerprint density at radius 2 is 1.97 bits per heavy atom. The zero-order chi connectivity index (χ0) is 22.8. The van der Waals surface area contributed by atoms with E-state index in [1.165, 1.54) is 11.0 Å². The number of hydrogen-bond donors (Lipinski definition) is 2. The molecule has 160 valence electrons. The molecule has 0 radical (unpaired) electrons. The van der Waals surface area contributed by atoms with Gasteiger partial charge in [-0.3, -0.25) is 4.79 Å². The normalized spacial score (nSPS) is 10.6. The highest BCUT2D eigenvalue weighted by molar-refractivity contribution is 5.83. The zero-order valence-corrected chi connectivity index (χ0v) is 17.0. The molecule has 0 unspecified atom stereocenters. The third-order valence-electron chi connectivity index (χ3n) is 4.73. The van der Waals surface area contributed by atoms with Crippen LogP contribution in [0, 0.1) is 29.9 Å². The first kappa shape index (κ1) is 20.7. The van der Waals surface area contributed by atoms with Gasteiger partial charge >= 0.3 is 0 Å².